The topological polar surface area (TPSA) is 84.3 Å². The molecule has 0 atom stereocenters. The van der Waals surface area contributed by atoms with E-state index < -0.39 is 10.0 Å². The van der Waals surface area contributed by atoms with Gasteiger partial charge in [-0.05, 0) is 50.5 Å². The number of nitrogens with zero attached hydrogens (tertiary/aromatic N) is 3. The molecule has 2 aromatic carbocycles. The molecule has 1 amide bonds. The van der Waals surface area contributed by atoms with Crippen molar-refractivity contribution in [1.29, 1.82) is 0 Å². The van der Waals surface area contributed by atoms with E-state index in [1.54, 1.807) is 53.2 Å². The average molecular weight is 485 g/mol. The van der Waals surface area contributed by atoms with E-state index in [1.165, 1.54) is 6.07 Å². The zero-order valence-corrected chi connectivity index (χ0v) is 20.2. The molecule has 0 unspecified atom stereocenters. The van der Waals surface area contributed by atoms with Crippen molar-refractivity contribution >= 4 is 15.9 Å². The van der Waals surface area contributed by atoms with Gasteiger partial charge < -0.3 is 5.32 Å². The molecular formula is C25H29FN4O3S. The normalized spacial score (nSPS) is 14.8. The fourth-order valence-electron chi connectivity index (χ4n) is 4.30. The molecule has 1 fully saturated rings. The summed E-state index contributed by atoms with van der Waals surface area (Å²) in [6.07, 6.45) is 2.82. The van der Waals surface area contributed by atoms with Crippen LogP contribution in [0.3, 0.4) is 0 Å². The standard InChI is InChI=1S/C25H29FN4O3S/c1-18-24(34(32,33)29-14-6-3-7-15-29)19(2)30(28-18)17-20-10-12-21(13-11-20)25(31)27-16-22-8-4-5-9-23(22)26/h4-5,8-13H,3,6-7,14-17H2,1-2H3,(H,27,31). The Morgan fingerprint density at radius 1 is 1.03 bits per heavy atom. The number of benzene rings is 2. The highest BCUT2D eigenvalue weighted by molar-refractivity contribution is 7.89. The fourth-order valence-corrected chi connectivity index (χ4v) is 6.19. The number of amides is 1. The lowest BCUT2D eigenvalue weighted by Gasteiger charge is -2.26. The molecule has 1 aliphatic heterocycles. The molecule has 7 nitrogen and oxygen atoms in total. The van der Waals surface area contributed by atoms with Gasteiger partial charge in [0.25, 0.3) is 5.91 Å². The quantitative estimate of drug-likeness (QED) is 0.553. The van der Waals surface area contributed by atoms with Crippen molar-refractivity contribution in [3.05, 3.63) is 82.4 Å². The van der Waals surface area contributed by atoms with Crippen molar-refractivity contribution in [1.82, 2.24) is 19.4 Å². The summed E-state index contributed by atoms with van der Waals surface area (Å²) in [6.45, 7) is 5.09. The number of sulfonamides is 1. The fraction of sp³-hybridized carbons (Fsp3) is 0.360. The SMILES string of the molecule is Cc1nn(Cc2ccc(C(=O)NCc3ccccc3F)cc2)c(C)c1S(=O)(=O)N1CCCCC1. The van der Waals surface area contributed by atoms with Gasteiger partial charge in [-0.3, -0.25) is 9.48 Å². The Hall–Kier alpha value is -3.04. The van der Waals surface area contributed by atoms with Gasteiger partial charge in [-0.2, -0.15) is 9.40 Å². The number of hydrogen-bond acceptors (Lipinski definition) is 4. The minimum Gasteiger partial charge on any atom is -0.348 e. The van der Waals surface area contributed by atoms with Crippen LogP contribution in [-0.2, 0) is 23.1 Å². The van der Waals surface area contributed by atoms with E-state index in [2.05, 4.69) is 10.4 Å². The van der Waals surface area contributed by atoms with Crippen LogP contribution in [0.15, 0.2) is 53.4 Å². The van der Waals surface area contributed by atoms with Crippen LogP contribution >= 0.6 is 0 Å². The number of halogens is 1. The first-order valence-electron chi connectivity index (χ1n) is 11.4. The van der Waals surface area contributed by atoms with Crippen LogP contribution < -0.4 is 5.32 Å². The summed E-state index contributed by atoms with van der Waals surface area (Å²) in [4.78, 5) is 12.7. The van der Waals surface area contributed by atoms with Gasteiger partial charge >= 0.3 is 0 Å². The second-order valence-electron chi connectivity index (χ2n) is 8.59. The van der Waals surface area contributed by atoms with Crippen molar-refractivity contribution in [2.24, 2.45) is 0 Å². The number of carbonyl (C=O) groups excluding carboxylic acids is 1. The molecule has 1 aromatic heterocycles. The second-order valence-corrected chi connectivity index (χ2v) is 10.5. The molecular weight excluding hydrogens is 455 g/mol. The predicted molar refractivity (Wildman–Crippen MR) is 127 cm³/mol. The number of hydrogen-bond donors (Lipinski definition) is 1. The number of aromatic nitrogens is 2. The van der Waals surface area contributed by atoms with Gasteiger partial charge in [0.2, 0.25) is 10.0 Å². The summed E-state index contributed by atoms with van der Waals surface area (Å²) >= 11 is 0. The van der Waals surface area contributed by atoms with Gasteiger partial charge in [-0.25, -0.2) is 12.8 Å². The molecule has 0 aliphatic carbocycles. The van der Waals surface area contributed by atoms with Crippen LogP contribution in [0.25, 0.3) is 0 Å². The van der Waals surface area contributed by atoms with Crippen LogP contribution in [0.2, 0.25) is 0 Å². The zero-order chi connectivity index (χ0) is 24.3. The molecule has 9 heteroatoms. The van der Waals surface area contributed by atoms with E-state index >= 15 is 0 Å². The lowest BCUT2D eigenvalue weighted by molar-refractivity contribution is 0.0950. The van der Waals surface area contributed by atoms with Crippen LogP contribution in [0, 0.1) is 19.7 Å². The minimum atomic E-state index is -3.57. The summed E-state index contributed by atoms with van der Waals surface area (Å²) < 4.78 is 43.4. The molecule has 0 bridgehead atoms. The Morgan fingerprint density at radius 3 is 2.38 bits per heavy atom. The number of carbonyl (C=O) groups is 1. The molecule has 3 aromatic rings. The van der Waals surface area contributed by atoms with Crippen molar-refractivity contribution in [3.8, 4) is 0 Å². The first-order valence-corrected chi connectivity index (χ1v) is 12.9. The number of rotatable bonds is 7. The van der Waals surface area contributed by atoms with Crippen molar-refractivity contribution in [2.75, 3.05) is 13.1 Å². The molecule has 180 valence electrons. The molecule has 0 radical (unpaired) electrons. The lowest BCUT2D eigenvalue weighted by Crippen LogP contribution is -2.36. The zero-order valence-electron chi connectivity index (χ0n) is 19.4. The third kappa shape index (κ3) is 5.05. The van der Waals surface area contributed by atoms with Gasteiger partial charge in [0, 0.05) is 30.8 Å². The Morgan fingerprint density at radius 2 is 1.71 bits per heavy atom. The van der Waals surface area contributed by atoms with Crippen LogP contribution in [0.1, 0.15) is 52.1 Å². The smallest absolute Gasteiger partial charge is 0.251 e. The third-order valence-electron chi connectivity index (χ3n) is 6.17. The van der Waals surface area contributed by atoms with Gasteiger partial charge in [-0.1, -0.05) is 36.8 Å². The van der Waals surface area contributed by atoms with E-state index in [4.69, 9.17) is 0 Å². The molecule has 4 rings (SSSR count). The van der Waals surface area contributed by atoms with E-state index in [-0.39, 0.29) is 18.3 Å². The Kier molecular flexibility index (Phi) is 7.13. The van der Waals surface area contributed by atoms with Crippen molar-refractivity contribution in [2.45, 2.75) is 51.1 Å². The van der Waals surface area contributed by atoms with Crippen molar-refractivity contribution < 1.29 is 17.6 Å². The van der Waals surface area contributed by atoms with Crippen LogP contribution in [-0.4, -0.2) is 41.5 Å². The number of aryl methyl sites for hydroxylation is 1. The molecule has 2 heterocycles. The highest BCUT2D eigenvalue weighted by Gasteiger charge is 2.31. The summed E-state index contributed by atoms with van der Waals surface area (Å²) in [7, 11) is -3.57. The van der Waals surface area contributed by atoms with Crippen LogP contribution in [0.4, 0.5) is 4.39 Å². The van der Waals surface area contributed by atoms with Gasteiger partial charge in [0.05, 0.1) is 17.9 Å². The van der Waals surface area contributed by atoms with E-state index in [0.717, 1.165) is 24.8 Å². The highest BCUT2D eigenvalue weighted by Crippen LogP contribution is 2.26. The minimum absolute atomic E-state index is 0.104. The largest absolute Gasteiger partial charge is 0.348 e. The second kappa shape index (κ2) is 10.1. The first kappa shape index (κ1) is 24.1. The monoisotopic (exact) mass is 484 g/mol. The number of nitrogens with one attached hydrogen (secondary N) is 1. The Balaban J connectivity index is 1.45. The molecule has 1 saturated heterocycles. The molecule has 0 saturated carbocycles. The summed E-state index contributed by atoms with van der Waals surface area (Å²) in [5.41, 5.74) is 2.87. The van der Waals surface area contributed by atoms with Crippen LogP contribution in [0.5, 0.6) is 0 Å². The van der Waals surface area contributed by atoms with E-state index in [1.807, 2.05) is 12.1 Å². The first-order chi connectivity index (χ1) is 16.3. The lowest BCUT2D eigenvalue weighted by atomic mass is 10.1. The maximum Gasteiger partial charge on any atom is 0.251 e. The Bertz CT molecular complexity index is 1280. The third-order valence-corrected chi connectivity index (χ3v) is 8.33. The summed E-state index contributed by atoms with van der Waals surface area (Å²) in [6, 6.07) is 13.3. The molecule has 0 spiro atoms. The maximum atomic E-state index is 13.7. The predicted octanol–water partition coefficient (Wildman–Crippen LogP) is 3.79. The van der Waals surface area contributed by atoms with E-state index in [0.29, 0.717) is 47.0 Å². The van der Waals surface area contributed by atoms with E-state index in [9.17, 15) is 17.6 Å². The average Bonchev–Trinajstić information content (AvgIpc) is 3.12. The summed E-state index contributed by atoms with van der Waals surface area (Å²) in [5.74, 6) is -0.652. The summed E-state index contributed by atoms with van der Waals surface area (Å²) in [5, 5.41) is 7.22. The number of piperidine rings is 1. The molecule has 1 N–H and O–H groups in total. The van der Waals surface area contributed by atoms with Crippen molar-refractivity contribution in [3.63, 3.8) is 0 Å². The molecule has 34 heavy (non-hydrogen) atoms. The van der Waals surface area contributed by atoms with Gasteiger partial charge in [0.15, 0.2) is 0 Å². The maximum absolute atomic E-state index is 13.7. The van der Waals surface area contributed by atoms with Gasteiger partial charge in [0.1, 0.15) is 10.7 Å². The Labute approximate surface area is 199 Å². The van der Waals surface area contributed by atoms with Gasteiger partial charge in [-0.15, -0.1) is 0 Å². The molecule has 1 aliphatic rings. The highest BCUT2D eigenvalue weighted by atomic mass is 32.2.